The molecule has 0 radical (unpaired) electrons. The van der Waals surface area contributed by atoms with Gasteiger partial charge in [-0.2, -0.15) is 0 Å². The van der Waals surface area contributed by atoms with Crippen LogP contribution >= 0.6 is 0 Å². The second-order valence-corrected chi connectivity index (χ2v) is 5.17. The zero-order valence-electron chi connectivity index (χ0n) is 10.7. The van der Waals surface area contributed by atoms with Crippen molar-refractivity contribution in [1.29, 1.82) is 0 Å². The van der Waals surface area contributed by atoms with E-state index in [2.05, 4.69) is 56.0 Å². The molecule has 16 heavy (non-hydrogen) atoms. The minimum absolute atomic E-state index is 0.729. The number of hydrogen-bond donors (Lipinski definition) is 0. The molecule has 1 nitrogen and oxygen atoms in total. The summed E-state index contributed by atoms with van der Waals surface area (Å²) in [5, 5.41) is 0. The summed E-state index contributed by atoms with van der Waals surface area (Å²) in [6, 6.07) is 11.8. The van der Waals surface area contributed by atoms with E-state index >= 15 is 0 Å². The minimum atomic E-state index is 0.729. The fourth-order valence-corrected chi connectivity index (χ4v) is 3.20. The summed E-state index contributed by atoms with van der Waals surface area (Å²) < 4.78 is 0. The number of nitrogens with zero attached hydrogens (tertiary/aromatic N) is 1. The molecular weight excluding hydrogens is 194 g/mol. The van der Waals surface area contributed by atoms with Gasteiger partial charge < -0.3 is 0 Å². The smallest absolute Gasteiger partial charge is 0.0187 e. The Kier molecular flexibility index (Phi) is 3.65. The third-order valence-corrected chi connectivity index (χ3v) is 3.88. The molecule has 1 aliphatic rings. The lowest BCUT2D eigenvalue weighted by Gasteiger charge is -2.30. The average molecular weight is 217 g/mol. The molecule has 1 fully saturated rings. The number of benzene rings is 1. The molecule has 2 atom stereocenters. The first-order valence-corrected chi connectivity index (χ1v) is 6.53. The Morgan fingerprint density at radius 2 is 1.94 bits per heavy atom. The maximum atomic E-state index is 2.64. The quantitative estimate of drug-likeness (QED) is 0.749. The first-order chi connectivity index (χ1) is 7.74. The van der Waals surface area contributed by atoms with Crippen LogP contribution in [0.5, 0.6) is 0 Å². The van der Waals surface area contributed by atoms with E-state index in [-0.39, 0.29) is 0 Å². The SMILES string of the molecule is CCN1CCC(c2ccccc2)C1C(C)C. The monoisotopic (exact) mass is 217 g/mol. The van der Waals surface area contributed by atoms with Crippen LogP contribution in [0.3, 0.4) is 0 Å². The molecule has 1 heterocycles. The van der Waals surface area contributed by atoms with E-state index in [9.17, 15) is 0 Å². The molecule has 1 aromatic carbocycles. The van der Waals surface area contributed by atoms with Crippen LogP contribution in [0, 0.1) is 5.92 Å². The highest BCUT2D eigenvalue weighted by Crippen LogP contribution is 2.36. The lowest BCUT2D eigenvalue weighted by molar-refractivity contribution is 0.205. The summed E-state index contributed by atoms with van der Waals surface area (Å²) in [6.07, 6.45) is 1.32. The Morgan fingerprint density at radius 3 is 2.50 bits per heavy atom. The molecular formula is C15H23N. The normalized spacial score (nSPS) is 26.5. The van der Waals surface area contributed by atoms with Gasteiger partial charge >= 0.3 is 0 Å². The topological polar surface area (TPSA) is 3.24 Å². The second kappa shape index (κ2) is 5.01. The lowest BCUT2D eigenvalue weighted by Crippen LogP contribution is -2.36. The molecule has 1 heteroatoms. The highest BCUT2D eigenvalue weighted by molar-refractivity contribution is 5.23. The molecule has 0 spiro atoms. The van der Waals surface area contributed by atoms with E-state index in [1.54, 1.807) is 0 Å². The van der Waals surface area contributed by atoms with Crippen molar-refractivity contribution in [3.63, 3.8) is 0 Å². The van der Waals surface area contributed by atoms with Crippen molar-refractivity contribution in [3.05, 3.63) is 35.9 Å². The van der Waals surface area contributed by atoms with Crippen LogP contribution in [-0.4, -0.2) is 24.0 Å². The molecule has 0 bridgehead atoms. The van der Waals surface area contributed by atoms with Crippen molar-refractivity contribution in [2.75, 3.05) is 13.1 Å². The predicted octanol–water partition coefficient (Wildman–Crippen LogP) is 3.52. The van der Waals surface area contributed by atoms with Crippen LogP contribution in [0.4, 0.5) is 0 Å². The van der Waals surface area contributed by atoms with Gasteiger partial charge in [0.15, 0.2) is 0 Å². The van der Waals surface area contributed by atoms with Gasteiger partial charge in [-0.05, 0) is 31.0 Å². The van der Waals surface area contributed by atoms with Gasteiger partial charge in [0.1, 0.15) is 0 Å². The summed E-state index contributed by atoms with van der Waals surface area (Å²) in [7, 11) is 0. The standard InChI is InChI=1S/C15H23N/c1-4-16-11-10-14(15(16)12(2)3)13-8-6-5-7-9-13/h5-9,12,14-15H,4,10-11H2,1-3H3. The van der Waals surface area contributed by atoms with E-state index in [1.165, 1.54) is 25.1 Å². The van der Waals surface area contributed by atoms with Crippen LogP contribution in [0.1, 0.15) is 38.7 Å². The summed E-state index contributed by atoms with van der Waals surface area (Å²) >= 11 is 0. The predicted molar refractivity (Wildman–Crippen MR) is 69.7 cm³/mol. The molecule has 1 aliphatic heterocycles. The van der Waals surface area contributed by atoms with E-state index in [0.717, 1.165) is 17.9 Å². The zero-order chi connectivity index (χ0) is 11.5. The average Bonchev–Trinajstić information content (AvgIpc) is 2.73. The molecule has 88 valence electrons. The van der Waals surface area contributed by atoms with Crippen molar-refractivity contribution >= 4 is 0 Å². The van der Waals surface area contributed by atoms with Crippen molar-refractivity contribution in [1.82, 2.24) is 4.90 Å². The van der Waals surface area contributed by atoms with E-state index in [1.807, 2.05) is 0 Å². The molecule has 0 amide bonds. The lowest BCUT2D eigenvalue weighted by atomic mass is 9.86. The van der Waals surface area contributed by atoms with Gasteiger partial charge in [-0.3, -0.25) is 4.90 Å². The van der Waals surface area contributed by atoms with Gasteiger partial charge in [-0.1, -0.05) is 51.1 Å². The van der Waals surface area contributed by atoms with Crippen molar-refractivity contribution in [2.24, 2.45) is 5.92 Å². The Bertz CT molecular complexity index is 317. The first kappa shape index (κ1) is 11.7. The van der Waals surface area contributed by atoms with E-state index in [4.69, 9.17) is 0 Å². The van der Waals surface area contributed by atoms with E-state index in [0.29, 0.717) is 0 Å². The van der Waals surface area contributed by atoms with Gasteiger partial charge in [-0.15, -0.1) is 0 Å². The number of rotatable bonds is 3. The molecule has 0 N–H and O–H groups in total. The van der Waals surface area contributed by atoms with Crippen LogP contribution in [0.15, 0.2) is 30.3 Å². The van der Waals surface area contributed by atoms with Crippen LogP contribution in [0.2, 0.25) is 0 Å². The van der Waals surface area contributed by atoms with Crippen LogP contribution < -0.4 is 0 Å². The number of likely N-dealkylation sites (tertiary alicyclic amines) is 1. The van der Waals surface area contributed by atoms with Crippen molar-refractivity contribution in [2.45, 2.75) is 39.2 Å². The third kappa shape index (κ3) is 2.15. The van der Waals surface area contributed by atoms with Gasteiger partial charge in [0.2, 0.25) is 0 Å². The number of likely N-dealkylation sites (N-methyl/N-ethyl adjacent to an activating group) is 1. The molecule has 1 aromatic rings. The Hall–Kier alpha value is -0.820. The van der Waals surface area contributed by atoms with Gasteiger partial charge in [0.05, 0.1) is 0 Å². The molecule has 0 saturated carbocycles. The summed E-state index contributed by atoms with van der Waals surface area (Å²) in [5.41, 5.74) is 1.53. The largest absolute Gasteiger partial charge is 0.300 e. The summed E-state index contributed by atoms with van der Waals surface area (Å²) in [6.45, 7) is 9.44. The Labute approximate surface area is 99.5 Å². The van der Waals surface area contributed by atoms with Gasteiger partial charge in [0, 0.05) is 12.0 Å². The maximum absolute atomic E-state index is 2.64. The Morgan fingerprint density at radius 1 is 1.25 bits per heavy atom. The Balaban J connectivity index is 2.22. The molecule has 0 aromatic heterocycles. The second-order valence-electron chi connectivity index (χ2n) is 5.17. The number of hydrogen-bond acceptors (Lipinski definition) is 1. The molecule has 2 unspecified atom stereocenters. The molecule has 2 rings (SSSR count). The molecule has 0 aliphatic carbocycles. The highest BCUT2D eigenvalue weighted by Gasteiger charge is 2.35. The zero-order valence-corrected chi connectivity index (χ0v) is 10.7. The fourth-order valence-electron chi connectivity index (χ4n) is 3.20. The van der Waals surface area contributed by atoms with Crippen LogP contribution in [0.25, 0.3) is 0 Å². The third-order valence-electron chi connectivity index (χ3n) is 3.88. The first-order valence-electron chi connectivity index (χ1n) is 6.53. The van der Waals surface area contributed by atoms with Gasteiger partial charge in [-0.25, -0.2) is 0 Å². The van der Waals surface area contributed by atoms with Crippen molar-refractivity contribution < 1.29 is 0 Å². The summed E-state index contributed by atoms with van der Waals surface area (Å²) in [5.74, 6) is 1.48. The summed E-state index contributed by atoms with van der Waals surface area (Å²) in [4.78, 5) is 2.64. The van der Waals surface area contributed by atoms with Gasteiger partial charge in [0.25, 0.3) is 0 Å². The fraction of sp³-hybridized carbons (Fsp3) is 0.600. The maximum Gasteiger partial charge on any atom is 0.0187 e. The minimum Gasteiger partial charge on any atom is -0.300 e. The van der Waals surface area contributed by atoms with Crippen LogP contribution in [-0.2, 0) is 0 Å². The highest BCUT2D eigenvalue weighted by atomic mass is 15.2. The van der Waals surface area contributed by atoms with E-state index < -0.39 is 0 Å². The molecule has 1 saturated heterocycles. The van der Waals surface area contributed by atoms with Crippen molar-refractivity contribution in [3.8, 4) is 0 Å².